The van der Waals surface area contributed by atoms with Crippen LogP contribution in [-0.2, 0) is 4.79 Å². The van der Waals surface area contributed by atoms with Crippen molar-refractivity contribution >= 4 is 11.6 Å². The number of rotatable bonds is 2. The van der Waals surface area contributed by atoms with Crippen molar-refractivity contribution in [3.63, 3.8) is 0 Å². The molecule has 1 aliphatic carbocycles. The molecule has 1 heterocycles. The Morgan fingerprint density at radius 1 is 1.33 bits per heavy atom. The summed E-state index contributed by atoms with van der Waals surface area (Å²) in [6, 6.07) is 1.75. The van der Waals surface area contributed by atoms with E-state index in [1.165, 1.54) is 0 Å². The molecule has 0 aromatic carbocycles. The van der Waals surface area contributed by atoms with Crippen molar-refractivity contribution in [2.45, 2.75) is 40.5 Å². The van der Waals surface area contributed by atoms with Gasteiger partial charge in [0.05, 0.1) is 11.5 Å². The van der Waals surface area contributed by atoms with Gasteiger partial charge in [-0.2, -0.15) is 0 Å². The fourth-order valence-electron chi connectivity index (χ4n) is 3.09. The van der Waals surface area contributed by atoms with E-state index >= 15 is 0 Å². The van der Waals surface area contributed by atoms with Crippen LogP contribution in [-0.4, -0.2) is 11.6 Å². The van der Waals surface area contributed by atoms with Crippen LogP contribution >= 0.6 is 0 Å². The van der Waals surface area contributed by atoms with Crippen molar-refractivity contribution in [1.82, 2.24) is 0 Å². The van der Waals surface area contributed by atoms with Gasteiger partial charge < -0.3 is 4.42 Å². The van der Waals surface area contributed by atoms with Crippen LogP contribution in [0.3, 0.4) is 0 Å². The first-order valence-electron chi connectivity index (χ1n) is 6.54. The molecule has 1 aromatic rings. The zero-order valence-electron chi connectivity index (χ0n) is 11.4. The van der Waals surface area contributed by atoms with Gasteiger partial charge in [0.25, 0.3) is 0 Å². The Balaban J connectivity index is 2.28. The van der Waals surface area contributed by atoms with Crippen LogP contribution in [0.2, 0.25) is 0 Å². The van der Waals surface area contributed by atoms with Crippen molar-refractivity contribution in [2.75, 3.05) is 0 Å². The van der Waals surface area contributed by atoms with Crippen molar-refractivity contribution in [2.24, 2.45) is 17.8 Å². The van der Waals surface area contributed by atoms with Crippen LogP contribution in [0.1, 0.15) is 48.6 Å². The van der Waals surface area contributed by atoms with Gasteiger partial charge in [-0.05, 0) is 38.2 Å². The summed E-state index contributed by atoms with van der Waals surface area (Å²) >= 11 is 0. The average molecular weight is 248 g/mol. The van der Waals surface area contributed by atoms with Gasteiger partial charge in [-0.1, -0.05) is 13.8 Å². The molecule has 2 rings (SSSR count). The van der Waals surface area contributed by atoms with Crippen LogP contribution in [0.5, 0.6) is 0 Å². The molecule has 1 fully saturated rings. The van der Waals surface area contributed by atoms with Crippen molar-refractivity contribution in [3.8, 4) is 0 Å². The molecule has 3 nitrogen and oxygen atoms in total. The summed E-state index contributed by atoms with van der Waals surface area (Å²) in [4.78, 5) is 24.6. The van der Waals surface area contributed by atoms with E-state index in [9.17, 15) is 9.59 Å². The third-order valence-corrected chi connectivity index (χ3v) is 3.83. The number of hydrogen-bond acceptors (Lipinski definition) is 3. The highest BCUT2D eigenvalue weighted by atomic mass is 16.3. The van der Waals surface area contributed by atoms with Gasteiger partial charge in [0.15, 0.2) is 5.78 Å². The molecule has 1 aromatic heterocycles. The second-order valence-electron chi connectivity index (χ2n) is 5.66. The Kier molecular flexibility index (Phi) is 3.42. The highest BCUT2D eigenvalue weighted by Crippen LogP contribution is 2.34. The molecular formula is C15H20O3. The van der Waals surface area contributed by atoms with E-state index in [1.807, 2.05) is 13.8 Å². The quantitative estimate of drug-likeness (QED) is 0.595. The zero-order valence-corrected chi connectivity index (χ0v) is 11.4. The molecule has 0 aliphatic heterocycles. The van der Waals surface area contributed by atoms with Crippen LogP contribution in [0, 0.1) is 31.6 Å². The van der Waals surface area contributed by atoms with Gasteiger partial charge in [-0.25, -0.2) is 0 Å². The fraction of sp³-hybridized carbons (Fsp3) is 0.600. The van der Waals surface area contributed by atoms with Crippen molar-refractivity contribution in [1.29, 1.82) is 0 Å². The number of aryl methyl sites for hydroxylation is 2. The Morgan fingerprint density at radius 2 is 2.00 bits per heavy atom. The molecule has 1 saturated carbocycles. The maximum Gasteiger partial charge on any atom is 0.177 e. The second kappa shape index (κ2) is 4.71. The second-order valence-corrected chi connectivity index (χ2v) is 5.66. The smallest absolute Gasteiger partial charge is 0.177 e. The Bertz CT molecular complexity index is 484. The molecule has 98 valence electrons. The summed E-state index contributed by atoms with van der Waals surface area (Å²) in [5.74, 6) is 1.42. The van der Waals surface area contributed by atoms with E-state index in [1.54, 1.807) is 13.0 Å². The molecule has 3 unspecified atom stereocenters. The van der Waals surface area contributed by atoms with E-state index < -0.39 is 5.92 Å². The summed E-state index contributed by atoms with van der Waals surface area (Å²) in [6.45, 7) is 7.67. The summed E-state index contributed by atoms with van der Waals surface area (Å²) in [5.41, 5.74) is 0.576. The van der Waals surface area contributed by atoms with Gasteiger partial charge in [-0.15, -0.1) is 0 Å². The van der Waals surface area contributed by atoms with E-state index in [2.05, 4.69) is 6.92 Å². The van der Waals surface area contributed by atoms with E-state index in [0.29, 0.717) is 23.7 Å². The minimum atomic E-state index is -0.475. The van der Waals surface area contributed by atoms with E-state index in [0.717, 1.165) is 12.2 Å². The van der Waals surface area contributed by atoms with E-state index in [-0.39, 0.29) is 17.5 Å². The van der Waals surface area contributed by atoms with Crippen LogP contribution in [0.15, 0.2) is 10.5 Å². The monoisotopic (exact) mass is 248 g/mol. The predicted octanol–water partition coefficient (Wildman–Crippen LogP) is 3.33. The van der Waals surface area contributed by atoms with Crippen molar-refractivity contribution in [3.05, 3.63) is 23.2 Å². The first-order chi connectivity index (χ1) is 8.40. The van der Waals surface area contributed by atoms with Gasteiger partial charge in [-0.3, -0.25) is 9.59 Å². The summed E-state index contributed by atoms with van der Waals surface area (Å²) < 4.78 is 5.39. The largest absolute Gasteiger partial charge is 0.466 e. The molecule has 18 heavy (non-hydrogen) atoms. The third kappa shape index (κ3) is 2.26. The third-order valence-electron chi connectivity index (χ3n) is 3.83. The van der Waals surface area contributed by atoms with Crippen LogP contribution in [0.25, 0.3) is 0 Å². The number of furan rings is 1. The van der Waals surface area contributed by atoms with Crippen molar-refractivity contribution < 1.29 is 14.0 Å². The number of ketones is 2. The maximum atomic E-state index is 12.5. The molecule has 0 amide bonds. The molecule has 0 N–H and O–H groups in total. The molecule has 0 radical (unpaired) electrons. The zero-order chi connectivity index (χ0) is 13.4. The summed E-state index contributed by atoms with van der Waals surface area (Å²) in [7, 11) is 0. The van der Waals surface area contributed by atoms with Gasteiger partial charge in [0.2, 0.25) is 0 Å². The summed E-state index contributed by atoms with van der Waals surface area (Å²) in [5, 5.41) is 0. The SMILES string of the molecule is Cc1cc(C(=O)C2C(=O)CC(C)CC2C)c(C)o1. The topological polar surface area (TPSA) is 47.3 Å². The molecule has 0 spiro atoms. The van der Waals surface area contributed by atoms with Gasteiger partial charge in [0, 0.05) is 6.42 Å². The maximum absolute atomic E-state index is 12.5. The first kappa shape index (κ1) is 13.1. The first-order valence-corrected chi connectivity index (χ1v) is 6.54. The highest BCUT2D eigenvalue weighted by molar-refractivity contribution is 6.11. The Labute approximate surface area is 108 Å². The highest BCUT2D eigenvalue weighted by Gasteiger charge is 2.38. The summed E-state index contributed by atoms with van der Waals surface area (Å²) in [6.07, 6.45) is 1.47. The molecule has 3 heteroatoms. The number of carbonyl (C=O) groups is 2. The molecular weight excluding hydrogens is 228 g/mol. The number of Topliss-reactive ketones (excluding diaryl/α,β-unsaturated/α-hetero) is 2. The minimum Gasteiger partial charge on any atom is -0.466 e. The molecule has 3 atom stereocenters. The molecule has 1 aliphatic rings. The molecule has 0 saturated heterocycles. The lowest BCUT2D eigenvalue weighted by atomic mass is 9.72. The predicted molar refractivity (Wildman–Crippen MR) is 68.6 cm³/mol. The minimum absolute atomic E-state index is 0.0613. The van der Waals surface area contributed by atoms with E-state index in [4.69, 9.17) is 4.42 Å². The normalized spacial score (nSPS) is 28.4. The Hall–Kier alpha value is -1.38. The lowest BCUT2D eigenvalue weighted by molar-refractivity contribution is -0.125. The van der Waals surface area contributed by atoms with Gasteiger partial charge in [0.1, 0.15) is 17.3 Å². The standard InChI is InChI=1S/C15H20O3/c1-8-5-9(2)14(13(16)6-8)15(17)12-7-10(3)18-11(12)4/h7-9,14H,5-6H2,1-4H3. The lowest BCUT2D eigenvalue weighted by Gasteiger charge is -2.30. The average Bonchev–Trinajstić information content (AvgIpc) is 2.56. The number of carbonyl (C=O) groups excluding carboxylic acids is 2. The lowest BCUT2D eigenvalue weighted by Crippen LogP contribution is -2.36. The van der Waals surface area contributed by atoms with Crippen LogP contribution < -0.4 is 0 Å². The number of hydrogen-bond donors (Lipinski definition) is 0. The Morgan fingerprint density at radius 3 is 2.50 bits per heavy atom. The fourth-order valence-corrected chi connectivity index (χ4v) is 3.09. The van der Waals surface area contributed by atoms with Crippen LogP contribution in [0.4, 0.5) is 0 Å². The van der Waals surface area contributed by atoms with Gasteiger partial charge >= 0.3 is 0 Å². The molecule has 0 bridgehead atoms.